The van der Waals surface area contributed by atoms with E-state index in [4.69, 9.17) is 11.6 Å². The van der Waals surface area contributed by atoms with Crippen LogP contribution in [0.25, 0.3) is 0 Å². The number of hydrogen-bond donors (Lipinski definition) is 1. The summed E-state index contributed by atoms with van der Waals surface area (Å²) in [6.45, 7) is 9.51. The molecular formula is C16H24ClN5O2. The van der Waals surface area contributed by atoms with E-state index in [1.54, 1.807) is 16.5 Å². The van der Waals surface area contributed by atoms with Crippen LogP contribution in [-0.4, -0.2) is 62.7 Å². The number of nitrogens with one attached hydrogen (secondary N) is 1. The second-order valence-corrected chi connectivity index (χ2v) is 7.09. The molecule has 3 rings (SSSR count). The van der Waals surface area contributed by atoms with Crippen LogP contribution in [0.3, 0.4) is 0 Å². The third-order valence-electron chi connectivity index (χ3n) is 4.90. The van der Waals surface area contributed by atoms with Crippen LogP contribution in [0.1, 0.15) is 43.2 Å². The summed E-state index contributed by atoms with van der Waals surface area (Å²) in [6.07, 6.45) is 0.770. The second-order valence-electron chi connectivity index (χ2n) is 6.73. The normalized spacial score (nSPS) is 23.7. The number of fused-ring (bicyclic) bond motifs is 1. The molecule has 0 radical (unpaired) electrons. The standard InChI is InChI=1S/C16H24ClN5O2/c1-5-21-14(17)13(10(4)19-21)15(23)20-7-6-12-11(8-20)18-16(24)22(12)9(2)3/h9,11-12H,5-8H2,1-4H3,(H,18,24)/t11-,12+/m1/s1. The first-order chi connectivity index (χ1) is 11.3. The molecule has 132 valence electrons. The quantitative estimate of drug-likeness (QED) is 0.902. The molecule has 0 spiro atoms. The number of aryl methyl sites for hydroxylation is 2. The zero-order valence-electron chi connectivity index (χ0n) is 14.5. The van der Waals surface area contributed by atoms with Crippen molar-refractivity contribution in [1.29, 1.82) is 0 Å². The van der Waals surface area contributed by atoms with E-state index in [0.29, 0.717) is 36.0 Å². The first-order valence-electron chi connectivity index (χ1n) is 8.46. The summed E-state index contributed by atoms with van der Waals surface area (Å²) in [5.74, 6) is -0.104. The van der Waals surface area contributed by atoms with Crippen LogP contribution in [0.4, 0.5) is 4.79 Å². The molecule has 0 aliphatic carbocycles. The minimum atomic E-state index is -0.104. The van der Waals surface area contributed by atoms with Crippen molar-refractivity contribution < 1.29 is 9.59 Å². The molecule has 2 atom stereocenters. The molecule has 2 saturated heterocycles. The lowest BCUT2D eigenvalue weighted by Gasteiger charge is -2.38. The lowest BCUT2D eigenvalue weighted by atomic mass is 9.98. The Morgan fingerprint density at radius 3 is 2.75 bits per heavy atom. The number of piperidine rings is 1. The second kappa shape index (κ2) is 6.27. The van der Waals surface area contributed by atoms with E-state index in [-0.39, 0.29) is 30.1 Å². The van der Waals surface area contributed by atoms with Gasteiger partial charge in [-0.05, 0) is 34.1 Å². The molecule has 1 aromatic rings. The summed E-state index contributed by atoms with van der Waals surface area (Å²) in [4.78, 5) is 28.7. The number of aromatic nitrogens is 2. The summed E-state index contributed by atoms with van der Waals surface area (Å²) in [7, 11) is 0. The van der Waals surface area contributed by atoms with Crippen molar-refractivity contribution in [2.45, 2.75) is 58.8 Å². The third kappa shape index (κ3) is 2.64. The van der Waals surface area contributed by atoms with Crippen molar-refractivity contribution in [1.82, 2.24) is 24.9 Å². The Labute approximate surface area is 146 Å². The number of carbonyl (C=O) groups is 2. The highest BCUT2D eigenvalue weighted by atomic mass is 35.5. The molecule has 0 bridgehead atoms. The maximum atomic E-state index is 12.9. The van der Waals surface area contributed by atoms with Gasteiger partial charge in [-0.3, -0.25) is 9.48 Å². The van der Waals surface area contributed by atoms with Gasteiger partial charge < -0.3 is 15.1 Å². The Bertz CT molecular complexity index is 672. The Morgan fingerprint density at radius 1 is 1.46 bits per heavy atom. The topological polar surface area (TPSA) is 70.5 Å². The molecule has 2 aliphatic heterocycles. The number of likely N-dealkylation sites (tertiary alicyclic amines) is 1. The smallest absolute Gasteiger partial charge is 0.318 e. The van der Waals surface area contributed by atoms with Crippen LogP contribution in [0.15, 0.2) is 0 Å². The Morgan fingerprint density at radius 2 is 2.17 bits per heavy atom. The zero-order valence-corrected chi connectivity index (χ0v) is 15.3. The summed E-state index contributed by atoms with van der Waals surface area (Å²) in [5.41, 5.74) is 1.12. The lowest BCUT2D eigenvalue weighted by Crippen LogP contribution is -2.53. The lowest BCUT2D eigenvalue weighted by molar-refractivity contribution is 0.0644. The monoisotopic (exact) mass is 353 g/mol. The maximum absolute atomic E-state index is 12.9. The summed E-state index contributed by atoms with van der Waals surface area (Å²) in [5, 5.41) is 7.72. The molecule has 1 N–H and O–H groups in total. The van der Waals surface area contributed by atoms with E-state index in [2.05, 4.69) is 10.4 Å². The molecule has 2 aliphatic rings. The minimum Gasteiger partial charge on any atom is -0.336 e. The number of rotatable bonds is 3. The van der Waals surface area contributed by atoms with Gasteiger partial charge in [0.2, 0.25) is 0 Å². The van der Waals surface area contributed by atoms with E-state index in [9.17, 15) is 9.59 Å². The Balaban J connectivity index is 1.78. The van der Waals surface area contributed by atoms with Crippen LogP contribution < -0.4 is 5.32 Å². The fourth-order valence-electron chi connectivity index (χ4n) is 3.76. The molecule has 0 aromatic carbocycles. The van der Waals surface area contributed by atoms with Gasteiger partial charge in [-0.1, -0.05) is 11.6 Å². The molecule has 0 unspecified atom stereocenters. The highest BCUT2D eigenvalue weighted by Gasteiger charge is 2.44. The van der Waals surface area contributed by atoms with Crippen LogP contribution >= 0.6 is 11.6 Å². The van der Waals surface area contributed by atoms with Crippen LogP contribution in [0.5, 0.6) is 0 Å². The number of halogens is 1. The largest absolute Gasteiger partial charge is 0.336 e. The van der Waals surface area contributed by atoms with Gasteiger partial charge in [0, 0.05) is 25.7 Å². The molecule has 2 fully saturated rings. The van der Waals surface area contributed by atoms with Crippen LogP contribution in [0.2, 0.25) is 5.15 Å². The van der Waals surface area contributed by atoms with E-state index in [0.717, 1.165) is 6.42 Å². The predicted molar refractivity (Wildman–Crippen MR) is 91.3 cm³/mol. The van der Waals surface area contributed by atoms with E-state index in [1.807, 2.05) is 25.7 Å². The molecule has 24 heavy (non-hydrogen) atoms. The predicted octanol–water partition coefficient (Wildman–Crippen LogP) is 1.88. The summed E-state index contributed by atoms with van der Waals surface area (Å²) >= 11 is 6.32. The fourth-order valence-corrected chi connectivity index (χ4v) is 4.14. The first-order valence-corrected chi connectivity index (χ1v) is 8.84. The fraction of sp³-hybridized carbons (Fsp3) is 0.688. The number of nitrogens with zero attached hydrogens (tertiary/aromatic N) is 4. The van der Waals surface area contributed by atoms with Gasteiger partial charge in [-0.2, -0.15) is 5.10 Å². The van der Waals surface area contributed by atoms with Crippen molar-refractivity contribution in [2.75, 3.05) is 13.1 Å². The maximum Gasteiger partial charge on any atom is 0.318 e. The average Bonchev–Trinajstić information content (AvgIpc) is 3.01. The molecule has 3 heterocycles. The van der Waals surface area contributed by atoms with E-state index >= 15 is 0 Å². The molecule has 1 aromatic heterocycles. The van der Waals surface area contributed by atoms with Gasteiger partial charge >= 0.3 is 6.03 Å². The molecule has 0 saturated carbocycles. The Kier molecular flexibility index (Phi) is 4.46. The van der Waals surface area contributed by atoms with Crippen LogP contribution in [0, 0.1) is 6.92 Å². The highest BCUT2D eigenvalue weighted by molar-refractivity contribution is 6.33. The van der Waals surface area contributed by atoms with Crippen LogP contribution in [-0.2, 0) is 6.54 Å². The van der Waals surface area contributed by atoms with Gasteiger partial charge in [0.1, 0.15) is 5.15 Å². The summed E-state index contributed by atoms with van der Waals surface area (Å²) in [6, 6.07) is 0.235. The van der Waals surface area contributed by atoms with Crippen molar-refractivity contribution in [2.24, 2.45) is 0 Å². The van der Waals surface area contributed by atoms with Crippen molar-refractivity contribution in [3.63, 3.8) is 0 Å². The molecule has 3 amide bonds. The minimum absolute atomic E-state index is 0.0297. The van der Waals surface area contributed by atoms with Crippen molar-refractivity contribution in [3.8, 4) is 0 Å². The van der Waals surface area contributed by atoms with Crippen molar-refractivity contribution >= 4 is 23.5 Å². The molecule has 7 nitrogen and oxygen atoms in total. The van der Waals surface area contributed by atoms with Gasteiger partial charge in [0.05, 0.1) is 23.3 Å². The third-order valence-corrected chi connectivity index (χ3v) is 5.28. The number of amides is 3. The number of hydrogen-bond acceptors (Lipinski definition) is 3. The van der Waals surface area contributed by atoms with Gasteiger partial charge in [0.15, 0.2) is 0 Å². The molecular weight excluding hydrogens is 330 g/mol. The van der Waals surface area contributed by atoms with Gasteiger partial charge in [-0.15, -0.1) is 0 Å². The highest BCUT2D eigenvalue weighted by Crippen LogP contribution is 2.28. The number of urea groups is 1. The van der Waals surface area contributed by atoms with E-state index in [1.165, 1.54) is 0 Å². The number of carbonyl (C=O) groups excluding carboxylic acids is 2. The van der Waals surface area contributed by atoms with Gasteiger partial charge in [0.25, 0.3) is 5.91 Å². The summed E-state index contributed by atoms with van der Waals surface area (Å²) < 4.78 is 1.63. The first kappa shape index (κ1) is 17.1. The Hall–Kier alpha value is -1.76. The van der Waals surface area contributed by atoms with E-state index < -0.39 is 0 Å². The molecule has 8 heteroatoms. The average molecular weight is 354 g/mol. The zero-order chi connectivity index (χ0) is 17.6. The SMILES string of the molecule is CCn1nc(C)c(C(=O)N2CC[C@H]3[C@@H](C2)NC(=O)N3C(C)C)c1Cl. The van der Waals surface area contributed by atoms with Crippen molar-refractivity contribution in [3.05, 3.63) is 16.4 Å². The van der Waals surface area contributed by atoms with Gasteiger partial charge in [-0.25, -0.2) is 4.79 Å².